The van der Waals surface area contributed by atoms with Gasteiger partial charge in [-0.05, 0) is 30.7 Å². The van der Waals surface area contributed by atoms with E-state index in [9.17, 15) is 4.79 Å². The Hall–Kier alpha value is -1.00. The number of halogens is 1. The number of furan rings is 1. The third-order valence-corrected chi connectivity index (χ3v) is 2.97. The fourth-order valence-electron chi connectivity index (χ4n) is 2.00. The van der Waals surface area contributed by atoms with Crippen molar-refractivity contribution in [2.45, 2.75) is 12.8 Å². The first-order valence-electron chi connectivity index (χ1n) is 5.35. The van der Waals surface area contributed by atoms with Gasteiger partial charge in [0, 0.05) is 19.0 Å². The Labute approximate surface area is 98.9 Å². The van der Waals surface area contributed by atoms with Crippen LogP contribution in [0.15, 0.2) is 16.5 Å². The first-order chi connectivity index (χ1) is 7.72. The fourth-order valence-corrected chi connectivity index (χ4v) is 2.15. The second-order valence-electron chi connectivity index (χ2n) is 3.77. The Morgan fingerprint density at radius 3 is 3.06 bits per heavy atom. The molecule has 16 heavy (non-hydrogen) atoms. The minimum Gasteiger partial charge on any atom is -0.466 e. The lowest BCUT2D eigenvalue weighted by Gasteiger charge is -2.14. The van der Waals surface area contributed by atoms with E-state index < -0.39 is 0 Å². The van der Waals surface area contributed by atoms with Gasteiger partial charge in [-0.2, -0.15) is 0 Å². The number of esters is 1. The lowest BCUT2D eigenvalue weighted by molar-refractivity contribution is -0.147. The molecule has 2 unspecified atom stereocenters. The highest BCUT2D eigenvalue weighted by molar-refractivity contribution is 6.28. The molecule has 1 aliphatic rings. The van der Waals surface area contributed by atoms with Gasteiger partial charge in [0.1, 0.15) is 5.76 Å². The van der Waals surface area contributed by atoms with Gasteiger partial charge in [0.05, 0.1) is 12.5 Å². The zero-order valence-electron chi connectivity index (χ0n) is 9.03. The van der Waals surface area contributed by atoms with Crippen molar-refractivity contribution in [3.8, 4) is 0 Å². The van der Waals surface area contributed by atoms with E-state index in [2.05, 4.69) is 5.32 Å². The predicted octanol–water partition coefficient (Wildman–Crippen LogP) is 1.80. The molecule has 88 valence electrons. The van der Waals surface area contributed by atoms with Crippen LogP contribution in [-0.2, 0) is 9.53 Å². The number of rotatable bonds is 3. The molecular weight excluding hydrogens is 230 g/mol. The molecule has 0 aromatic carbocycles. The van der Waals surface area contributed by atoms with Crippen molar-refractivity contribution < 1.29 is 13.9 Å². The van der Waals surface area contributed by atoms with E-state index in [1.807, 2.05) is 6.07 Å². The van der Waals surface area contributed by atoms with E-state index >= 15 is 0 Å². The molecule has 0 saturated carbocycles. The van der Waals surface area contributed by atoms with Crippen molar-refractivity contribution in [1.82, 2.24) is 5.32 Å². The standard InChI is InChI=1S/C11H14ClNO3/c1-2-15-11(14)8-6-13-5-7(8)9-3-4-10(12)16-9/h3-4,7-8,13H,2,5-6H2,1H3. The van der Waals surface area contributed by atoms with E-state index in [4.69, 9.17) is 20.8 Å². The van der Waals surface area contributed by atoms with E-state index in [0.717, 1.165) is 5.76 Å². The topological polar surface area (TPSA) is 51.5 Å². The maximum atomic E-state index is 11.7. The Kier molecular flexibility index (Phi) is 3.51. The number of carbonyl (C=O) groups excluding carboxylic acids is 1. The summed E-state index contributed by atoms with van der Waals surface area (Å²) < 4.78 is 10.4. The maximum Gasteiger partial charge on any atom is 0.311 e. The van der Waals surface area contributed by atoms with Crippen LogP contribution in [0.5, 0.6) is 0 Å². The molecule has 0 radical (unpaired) electrons. The molecule has 0 spiro atoms. The van der Waals surface area contributed by atoms with E-state index in [-0.39, 0.29) is 17.8 Å². The van der Waals surface area contributed by atoms with Gasteiger partial charge < -0.3 is 14.5 Å². The number of hydrogen-bond acceptors (Lipinski definition) is 4. The summed E-state index contributed by atoms with van der Waals surface area (Å²) in [6.07, 6.45) is 0. The summed E-state index contributed by atoms with van der Waals surface area (Å²) >= 11 is 5.72. The van der Waals surface area contributed by atoms with Gasteiger partial charge >= 0.3 is 5.97 Å². The second kappa shape index (κ2) is 4.89. The highest BCUT2D eigenvalue weighted by Gasteiger charge is 2.36. The molecule has 2 heterocycles. The van der Waals surface area contributed by atoms with Crippen LogP contribution in [-0.4, -0.2) is 25.7 Å². The van der Waals surface area contributed by atoms with Crippen molar-refractivity contribution in [3.63, 3.8) is 0 Å². The smallest absolute Gasteiger partial charge is 0.311 e. The van der Waals surface area contributed by atoms with Crippen molar-refractivity contribution >= 4 is 17.6 Å². The number of hydrogen-bond donors (Lipinski definition) is 1. The summed E-state index contributed by atoms with van der Waals surface area (Å²) in [5.74, 6) is 0.409. The summed E-state index contributed by atoms with van der Waals surface area (Å²) in [5.41, 5.74) is 0. The molecule has 0 amide bonds. The van der Waals surface area contributed by atoms with Crippen LogP contribution in [0.4, 0.5) is 0 Å². The lowest BCUT2D eigenvalue weighted by Crippen LogP contribution is -2.23. The zero-order valence-corrected chi connectivity index (χ0v) is 9.79. The van der Waals surface area contributed by atoms with Crippen LogP contribution in [0, 0.1) is 5.92 Å². The van der Waals surface area contributed by atoms with Gasteiger partial charge in [-0.3, -0.25) is 4.79 Å². The first-order valence-corrected chi connectivity index (χ1v) is 5.72. The highest BCUT2D eigenvalue weighted by Crippen LogP contribution is 2.31. The van der Waals surface area contributed by atoms with Gasteiger partial charge in [0.25, 0.3) is 0 Å². The summed E-state index contributed by atoms with van der Waals surface area (Å²) in [7, 11) is 0. The Morgan fingerprint density at radius 1 is 1.62 bits per heavy atom. The van der Waals surface area contributed by atoms with E-state index in [0.29, 0.717) is 24.9 Å². The van der Waals surface area contributed by atoms with Crippen LogP contribution >= 0.6 is 11.6 Å². The summed E-state index contributed by atoms with van der Waals surface area (Å²) in [5, 5.41) is 3.52. The second-order valence-corrected chi connectivity index (χ2v) is 4.14. The van der Waals surface area contributed by atoms with Crippen LogP contribution in [0.1, 0.15) is 18.6 Å². The molecule has 4 nitrogen and oxygen atoms in total. The minimum absolute atomic E-state index is 0.0200. The molecule has 1 aliphatic heterocycles. The Morgan fingerprint density at radius 2 is 2.44 bits per heavy atom. The Balaban J connectivity index is 2.11. The average Bonchev–Trinajstić information content (AvgIpc) is 2.85. The molecule has 0 bridgehead atoms. The highest BCUT2D eigenvalue weighted by atomic mass is 35.5. The lowest BCUT2D eigenvalue weighted by atomic mass is 9.94. The van der Waals surface area contributed by atoms with Crippen LogP contribution < -0.4 is 5.32 Å². The van der Waals surface area contributed by atoms with E-state index in [1.54, 1.807) is 13.0 Å². The normalized spacial score (nSPS) is 24.6. The summed E-state index contributed by atoms with van der Waals surface area (Å²) in [4.78, 5) is 11.7. The quantitative estimate of drug-likeness (QED) is 0.823. The molecule has 1 fully saturated rings. The largest absolute Gasteiger partial charge is 0.466 e. The molecule has 1 N–H and O–H groups in total. The maximum absolute atomic E-state index is 11.7. The number of carbonyl (C=O) groups is 1. The van der Waals surface area contributed by atoms with Crippen LogP contribution in [0.25, 0.3) is 0 Å². The molecular formula is C11H14ClNO3. The van der Waals surface area contributed by atoms with Crippen LogP contribution in [0.3, 0.4) is 0 Å². The molecule has 1 saturated heterocycles. The van der Waals surface area contributed by atoms with Gasteiger partial charge in [-0.1, -0.05) is 0 Å². The number of ether oxygens (including phenoxy) is 1. The van der Waals surface area contributed by atoms with Crippen molar-refractivity contribution in [2.75, 3.05) is 19.7 Å². The Bertz CT molecular complexity index is 377. The number of nitrogens with one attached hydrogen (secondary N) is 1. The van der Waals surface area contributed by atoms with Gasteiger partial charge in [0.2, 0.25) is 0 Å². The molecule has 2 atom stereocenters. The van der Waals surface area contributed by atoms with Crippen molar-refractivity contribution in [3.05, 3.63) is 23.1 Å². The van der Waals surface area contributed by atoms with Gasteiger partial charge in [-0.15, -0.1) is 0 Å². The molecule has 1 aromatic rings. The van der Waals surface area contributed by atoms with Gasteiger partial charge in [0.15, 0.2) is 5.22 Å². The first kappa shape index (κ1) is 11.5. The summed E-state index contributed by atoms with van der Waals surface area (Å²) in [6, 6.07) is 3.50. The third-order valence-electron chi connectivity index (χ3n) is 2.76. The third kappa shape index (κ3) is 2.23. The van der Waals surface area contributed by atoms with Crippen molar-refractivity contribution in [1.29, 1.82) is 0 Å². The molecule has 1 aromatic heterocycles. The molecule has 5 heteroatoms. The SMILES string of the molecule is CCOC(=O)C1CNCC1c1ccc(Cl)o1. The van der Waals surface area contributed by atoms with Crippen LogP contribution in [0.2, 0.25) is 5.22 Å². The summed E-state index contributed by atoms with van der Waals surface area (Å²) in [6.45, 7) is 3.55. The zero-order chi connectivity index (χ0) is 11.5. The monoisotopic (exact) mass is 243 g/mol. The van der Waals surface area contributed by atoms with Gasteiger partial charge in [-0.25, -0.2) is 0 Å². The minimum atomic E-state index is -0.179. The average molecular weight is 244 g/mol. The molecule has 2 rings (SSSR count). The van der Waals surface area contributed by atoms with Crippen molar-refractivity contribution in [2.24, 2.45) is 5.92 Å². The predicted molar refractivity (Wildman–Crippen MR) is 59.5 cm³/mol. The van der Waals surface area contributed by atoms with E-state index in [1.165, 1.54) is 0 Å². The molecule has 0 aliphatic carbocycles. The fraction of sp³-hybridized carbons (Fsp3) is 0.545.